The summed E-state index contributed by atoms with van der Waals surface area (Å²) < 4.78 is 6.34. The Labute approximate surface area is 100 Å². The Bertz CT molecular complexity index is 452. The summed E-state index contributed by atoms with van der Waals surface area (Å²) >= 11 is 5.13. The summed E-state index contributed by atoms with van der Waals surface area (Å²) in [6.45, 7) is 1.92. The summed E-state index contributed by atoms with van der Waals surface area (Å²) in [6.07, 6.45) is 1.73. The third kappa shape index (κ3) is 2.15. The maximum absolute atomic E-state index is 5.57. The predicted octanol–water partition coefficient (Wildman–Crippen LogP) is 2.96. The lowest BCUT2D eigenvalue weighted by Crippen LogP contribution is -2.28. The molecular formula is C10H11BrN2OS. The molecule has 15 heavy (non-hydrogen) atoms. The normalized spacial score (nSPS) is 13.0. The molecule has 0 aliphatic rings. The van der Waals surface area contributed by atoms with Gasteiger partial charge in [-0.25, -0.2) is 5.43 Å². The van der Waals surface area contributed by atoms with Crippen LogP contribution in [0.1, 0.15) is 22.9 Å². The van der Waals surface area contributed by atoms with Crippen LogP contribution in [-0.2, 0) is 0 Å². The van der Waals surface area contributed by atoms with E-state index in [4.69, 9.17) is 10.3 Å². The molecule has 2 aromatic rings. The van der Waals surface area contributed by atoms with Gasteiger partial charge >= 0.3 is 0 Å². The van der Waals surface area contributed by atoms with E-state index in [9.17, 15) is 0 Å². The molecule has 3 nitrogen and oxygen atoms in total. The molecule has 80 valence electrons. The zero-order chi connectivity index (χ0) is 10.8. The number of furan rings is 1. The van der Waals surface area contributed by atoms with E-state index in [-0.39, 0.29) is 6.04 Å². The first-order valence-electron chi connectivity index (χ1n) is 4.45. The van der Waals surface area contributed by atoms with Gasteiger partial charge in [-0.15, -0.1) is 0 Å². The van der Waals surface area contributed by atoms with E-state index < -0.39 is 0 Å². The molecular weight excluding hydrogens is 276 g/mol. The van der Waals surface area contributed by atoms with Gasteiger partial charge in [0.15, 0.2) is 0 Å². The lowest BCUT2D eigenvalue weighted by Gasteiger charge is -2.13. The number of hydrogen-bond acceptors (Lipinski definition) is 4. The van der Waals surface area contributed by atoms with Crippen molar-refractivity contribution in [3.05, 3.63) is 44.4 Å². The number of nitrogens with two attached hydrogens (primary N) is 1. The van der Waals surface area contributed by atoms with Crippen molar-refractivity contribution in [2.75, 3.05) is 0 Å². The zero-order valence-electron chi connectivity index (χ0n) is 8.16. The second kappa shape index (κ2) is 4.49. The van der Waals surface area contributed by atoms with Gasteiger partial charge in [-0.3, -0.25) is 5.84 Å². The SMILES string of the molecule is Cc1cc(C(NN)c2cscc2Br)co1. The van der Waals surface area contributed by atoms with Gasteiger partial charge in [0.25, 0.3) is 0 Å². The highest BCUT2D eigenvalue weighted by Crippen LogP contribution is 2.31. The molecule has 0 spiro atoms. The molecule has 5 heteroatoms. The number of nitrogens with one attached hydrogen (secondary N) is 1. The Morgan fingerprint density at radius 1 is 1.53 bits per heavy atom. The number of aryl methyl sites for hydroxylation is 1. The summed E-state index contributed by atoms with van der Waals surface area (Å²) in [5.74, 6) is 6.45. The third-order valence-electron chi connectivity index (χ3n) is 2.20. The molecule has 0 fully saturated rings. The van der Waals surface area contributed by atoms with Crippen LogP contribution in [0.3, 0.4) is 0 Å². The van der Waals surface area contributed by atoms with Crippen LogP contribution >= 0.6 is 27.3 Å². The largest absolute Gasteiger partial charge is 0.469 e. The van der Waals surface area contributed by atoms with Gasteiger partial charge in [0.1, 0.15) is 5.76 Å². The second-order valence-corrected chi connectivity index (χ2v) is 4.86. The number of halogens is 1. The molecule has 1 atom stereocenters. The van der Waals surface area contributed by atoms with E-state index in [0.29, 0.717) is 0 Å². The van der Waals surface area contributed by atoms with Crippen LogP contribution in [0.5, 0.6) is 0 Å². The van der Waals surface area contributed by atoms with E-state index in [1.807, 2.05) is 18.4 Å². The molecule has 0 aliphatic heterocycles. The van der Waals surface area contributed by atoms with Crippen molar-refractivity contribution < 1.29 is 4.42 Å². The first-order chi connectivity index (χ1) is 7.22. The molecule has 0 aliphatic carbocycles. The van der Waals surface area contributed by atoms with Crippen LogP contribution < -0.4 is 11.3 Å². The quantitative estimate of drug-likeness (QED) is 0.674. The average Bonchev–Trinajstić information content (AvgIpc) is 2.79. The maximum atomic E-state index is 5.57. The first-order valence-corrected chi connectivity index (χ1v) is 6.18. The highest BCUT2D eigenvalue weighted by molar-refractivity contribution is 9.10. The molecule has 0 aromatic carbocycles. The van der Waals surface area contributed by atoms with Gasteiger partial charge < -0.3 is 4.42 Å². The van der Waals surface area contributed by atoms with Crippen molar-refractivity contribution in [3.63, 3.8) is 0 Å². The molecule has 0 bridgehead atoms. The van der Waals surface area contributed by atoms with Crippen molar-refractivity contribution in [1.82, 2.24) is 5.43 Å². The van der Waals surface area contributed by atoms with Gasteiger partial charge in [0, 0.05) is 15.4 Å². The highest BCUT2D eigenvalue weighted by atomic mass is 79.9. The second-order valence-electron chi connectivity index (χ2n) is 3.27. The monoisotopic (exact) mass is 286 g/mol. The Hall–Kier alpha value is -0.620. The maximum Gasteiger partial charge on any atom is 0.101 e. The van der Waals surface area contributed by atoms with Crippen LogP contribution in [0.15, 0.2) is 32.0 Å². The number of hydrazine groups is 1. The van der Waals surface area contributed by atoms with Crippen molar-refractivity contribution in [1.29, 1.82) is 0 Å². The van der Waals surface area contributed by atoms with Gasteiger partial charge in [0.05, 0.1) is 12.3 Å². The van der Waals surface area contributed by atoms with E-state index >= 15 is 0 Å². The summed E-state index contributed by atoms with van der Waals surface area (Å²) in [4.78, 5) is 0. The predicted molar refractivity (Wildman–Crippen MR) is 64.6 cm³/mol. The Balaban J connectivity index is 2.36. The number of thiophene rings is 1. The molecule has 0 amide bonds. The molecule has 2 rings (SSSR count). The molecule has 0 radical (unpaired) electrons. The summed E-state index contributed by atoms with van der Waals surface area (Å²) in [5.41, 5.74) is 4.96. The van der Waals surface area contributed by atoms with Crippen molar-refractivity contribution >= 4 is 27.3 Å². The third-order valence-corrected chi connectivity index (χ3v) is 3.96. The topological polar surface area (TPSA) is 51.2 Å². The molecule has 2 heterocycles. The van der Waals surface area contributed by atoms with E-state index in [1.54, 1.807) is 17.6 Å². The first kappa shape index (κ1) is 10.9. The highest BCUT2D eigenvalue weighted by Gasteiger charge is 2.17. The van der Waals surface area contributed by atoms with Crippen LogP contribution in [0.25, 0.3) is 0 Å². The Morgan fingerprint density at radius 3 is 2.80 bits per heavy atom. The summed E-state index contributed by atoms with van der Waals surface area (Å²) in [7, 11) is 0. The minimum absolute atomic E-state index is 0.0249. The van der Waals surface area contributed by atoms with Crippen LogP contribution in [0.4, 0.5) is 0 Å². The van der Waals surface area contributed by atoms with Crippen molar-refractivity contribution in [2.45, 2.75) is 13.0 Å². The van der Waals surface area contributed by atoms with Gasteiger partial charge in [-0.2, -0.15) is 11.3 Å². The van der Waals surface area contributed by atoms with E-state index in [1.165, 1.54) is 0 Å². The Morgan fingerprint density at radius 2 is 2.33 bits per heavy atom. The minimum atomic E-state index is -0.0249. The van der Waals surface area contributed by atoms with Crippen molar-refractivity contribution in [3.8, 4) is 0 Å². The molecule has 2 aromatic heterocycles. The van der Waals surface area contributed by atoms with Crippen LogP contribution in [-0.4, -0.2) is 0 Å². The fraction of sp³-hybridized carbons (Fsp3) is 0.200. The summed E-state index contributed by atoms with van der Waals surface area (Å²) in [6, 6.07) is 1.96. The zero-order valence-corrected chi connectivity index (χ0v) is 10.6. The Kier molecular flexibility index (Phi) is 3.25. The molecule has 0 saturated heterocycles. The lowest BCUT2D eigenvalue weighted by atomic mass is 10.1. The van der Waals surface area contributed by atoms with E-state index in [0.717, 1.165) is 21.4 Å². The van der Waals surface area contributed by atoms with E-state index in [2.05, 4.69) is 26.7 Å². The average molecular weight is 287 g/mol. The lowest BCUT2D eigenvalue weighted by molar-refractivity contribution is 0.525. The fourth-order valence-electron chi connectivity index (χ4n) is 1.48. The smallest absolute Gasteiger partial charge is 0.101 e. The number of rotatable bonds is 3. The van der Waals surface area contributed by atoms with Crippen LogP contribution in [0, 0.1) is 6.92 Å². The number of hydrogen-bond donors (Lipinski definition) is 2. The van der Waals surface area contributed by atoms with Gasteiger partial charge in [-0.1, -0.05) is 0 Å². The van der Waals surface area contributed by atoms with Crippen molar-refractivity contribution in [2.24, 2.45) is 5.84 Å². The van der Waals surface area contributed by atoms with Gasteiger partial charge in [0.2, 0.25) is 0 Å². The minimum Gasteiger partial charge on any atom is -0.469 e. The standard InChI is InChI=1S/C10H11BrN2OS/c1-6-2-7(3-14-6)10(13-12)8-4-15-5-9(8)11/h2-5,10,13H,12H2,1H3. The molecule has 3 N–H and O–H groups in total. The fourth-order valence-corrected chi connectivity index (χ4v) is 3.03. The van der Waals surface area contributed by atoms with Crippen LogP contribution in [0.2, 0.25) is 0 Å². The molecule has 1 unspecified atom stereocenters. The summed E-state index contributed by atoms with van der Waals surface area (Å²) in [5, 5.41) is 4.10. The van der Waals surface area contributed by atoms with Gasteiger partial charge in [-0.05, 0) is 39.9 Å². The molecule has 0 saturated carbocycles.